The number of aldehydes is 1. The Balaban J connectivity index is 2.05. The molecular weight excluding hydrogens is 288 g/mol. The van der Waals surface area contributed by atoms with Gasteiger partial charge in [-0.3, -0.25) is 4.79 Å². The van der Waals surface area contributed by atoms with Crippen LogP contribution in [-0.2, 0) is 6.42 Å². The number of likely N-dealkylation sites (N-methyl/N-ethyl adjacent to an activating group) is 2. The van der Waals surface area contributed by atoms with Crippen molar-refractivity contribution >= 4 is 17.8 Å². The molecule has 0 bridgehead atoms. The molecule has 0 atom stereocenters. The van der Waals surface area contributed by atoms with E-state index in [1.807, 2.05) is 18.9 Å². The summed E-state index contributed by atoms with van der Waals surface area (Å²) in [5.41, 5.74) is 3.05. The van der Waals surface area contributed by atoms with Gasteiger partial charge in [-0.25, -0.2) is 9.97 Å². The van der Waals surface area contributed by atoms with E-state index in [1.54, 1.807) is 6.20 Å². The van der Waals surface area contributed by atoms with E-state index in [0.717, 1.165) is 25.8 Å². The van der Waals surface area contributed by atoms with Crippen molar-refractivity contribution in [3.8, 4) is 0 Å². The van der Waals surface area contributed by atoms with Crippen molar-refractivity contribution in [3.05, 3.63) is 47.4 Å². The van der Waals surface area contributed by atoms with E-state index in [4.69, 9.17) is 0 Å². The molecule has 5 nitrogen and oxygen atoms in total. The second-order valence-electron chi connectivity index (χ2n) is 5.68. The fourth-order valence-electron chi connectivity index (χ4n) is 2.41. The molecule has 0 aliphatic rings. The summed E-state index contributed by atoms with van der Waals surface area (Å²) in [5, 5.41) is 0. The molecule has 2 rings (SSSR count). The van der Waals surface area contributed by atoms with Crippen molar-refractivity contribution in [1.82, 2.24) is 9.97 Å². The van der Waals surface area contributed by atoms with Crippen molar-refractivity contribution in [3.63, 3.8) is 0 Å². The van der Waals surface area contributed by atoms with Gasteiger partial charge in [0, 0.05) is 39.1 Å². The molecule has 0 radical (unpaired) electrons. The van der Waals surface area contributed by atoms with E-state index in [0.29, 0.717) is 17.2 Å². The summed E-state index contributed by atoms with van der Waals surface area (Å²) in [6.07, 6.45) is 3.42. The number of benzene rings is 1. The molecule has 0 saturated heterocycles. The smallest absolute Gasteiger partial charge is 0.155 e. The summed E-state index contributed by atoms with van der Waals surface area (Å²) in [5.74, 6) is 1.35. The fourth-order valence-corrected chi connectivity index (χ4v) is 2.41. The molecule has 1 aromatic heterocycles. The van der Waals surface area contributed by atoms with Gasteiger partial charge in [-0.15, -0.1) is 0 Å². The van der Waals surface area contributed by atoms with Gasteiger partial charge in [-0.2, -0.15) is 0 Å². The molecule has 0 unspecified atom stereocenters. The van der Waals surface area contributed by atoms with Crippen LogP contribution in [0, 0.1) is 6.92 Å². The van der Waals surface area contributed by atoms with E-state index in [9.17, 15) is 4.79 Å². The van der Waals surface area contributed by atoms with Gasteiger partial charge in [0.15, 0.2) is 6.29 Å². The number of anilines is 2. The van der Waals surface area contributed by atoms with Gasteiger partial charge in [0.2, 0.25) is 0 Å². The summed E-state index contributed by atoms with van der Waals surface area (Å²) in [4.78, 5) is 23.8. The second-order valence-corrected chi connectivity index (χ2v) is 5.68. The summed E-state index contributed by atoms with van der Waals surface area (Å²) < 4.78 is 0. The van der Waals surface area contributed by atoms with Crippen LogP contribution in [0.5, 0.6) is 0 Å². The van der Waals surface area contributed by atoms with Crippen molar-refractivity contribution in [2.45, 2.75) is 20.3 Å². The van der Waals surface area contributed by atoms with Gasteiger partial charge < -0.3 is 9.80 Å². The highest BCUT2D eigenvalue weighted by Crippen LogP contribution is 2.17. The third kappa shape index (κ3) is 4.28. The molecule has 1 heterocycles. The minimum atomic E-state index is 0.522. The predicted octanol–water partition coefficient (Wildman–Crippen LogP) is 2.73. The first-order valence-corrected chi connectivity index (χ1v) is 7.85. The zero-order valence-corrected chi connectivity index (χ0v) is 14.3. The van der Waals surface area contributed by atoms with Crippen molar-refractivity contribution in [1.29, 1.82) is 0 Å². The number of hydrogen-bond donors (Lipinski definition) is 0. The average molecular weight is 312 g/mol. The zero-order valence-electron chi connectivity index (χ0n) is 14.3. The summed E-state index contributed by atoms with van der Waals surface area (Å²) in [6.45, 7) is 5.59. The first-order valence-electron chi connectivity index (χ1n) is 7.85. The SMILES string of the molecule is CCc1cccc(N(C)CCN(C)c2nc(C)ncc2C=O)c1. The molecule has 0 fully saturated rings. The van der Waals surface area contributed by atoms with Crippen LogP contribution in [0.4, 0.5) is 11.5 Å². The summed E-state index contributed by atoms with van der Waals surface area (Å²) in [7, 11) is 4.03. The minimum absolute atomic E-state index is 0.522. The van der Waals surface area contributed by atoms with Crippen LogP contribution in [0.25, 0.3) is 0 Å². The maximum atomic E-state index is 11.2. The third-order valence-corrected chi connectivity index (χ3v) is 3.94. The molecule has 5 heteroatoms. The molecule has 0 N–H and O–H groups in total. The highest BCUT2D eigenvalue weighted by atomic mass is 16.1. The Morgan fingerprint density at radius 3 is 2.61 bits per heavy atom. The number of carbonyl (C=O) groups is 1. The van der Waals surface area contributed by atoms with E-state index >= 15 is 0 Å². The molecule has 0 spiro atoms. The van der Waals surface area contributed by atoms with Crippen molar-refractivity contribution < 1.29 is 4.79 Å². The number of carbonyl (C=O) groups excluding carboxylic acids is 1. The lowest BCUT2D eigenvalue weighted by atomic mass is 10.1. The van der Waals surface area contributed by atoms with E-state index < -0.39 is 0 Å². The monoisotopic (exact) mass is 312 g/mol. The first-order chi connectivity index (χ1) is 11.0. The van der Waals surface area contributed by atoms with Crippen LogP contribution in [0.1, 0.15) is 28.7 Å². The van der Waals surface area contributed by atoms with E-state index in [-0.39, 0.29) is 0 Å². The Hall–Kier alpha value is -2.43. The van der Waals surface area contributed by atoms with Crippen LogP contribution in [0.3, 0.4) is 0 Å². The normalized spacial score (nSPS) is 10.4. The Morgan fingerprint density at radius 1 is 1.17 bits per heavy atom. The Morgan fingerprint density at radius 2 is 1.91 bits per heavy atom. The predicted molar refractivity (Wildman–Crippen MR) is 94.5 cm³/mol. The molecule has 0 amide bonds. The minimum Gasteiger partial charge on any atom is -0.373 e. The largest absolute Gasteiger partial charge is 0.373 e. The van der Waals surface area contributed by atoms with Gasteiger partial charge in [-0.1, -0.05) is 19.1 Å². The van der Waals surface area contributed by atoms with Crippen LogP contribution >= 0.6 is 0 Å². The third-order valence-electron chi connectivity index (χ3n) is 3.94. The number of aromatic nitrogens is 2. The number of aryl methyl sites for hydroxylation is 2. The lowest BCUT2D eigenvalue weighted by molar-refractivity contribution is 0.112. The van der Waals surface area contributed by atoms with E-state index in [2.05, 4.69) is 53.1 Å². The van der Waals surface area contributed by atoms with Crippen LogP contribution in [0.2, 0.25) is 0 Å². The molecular formula is C18H24N4O. The quantitative estimate of drug-likeness (QED) is 0.736. The molecule has 23 heavy (non-hydrogen) atoms. The Kier molecular flexibility index (Phi) is 5.68. The topological polar surface area (TPSA) is 49.3 Å². The average Bonchev–Trinajstić information content (AvgIpc) is 2.59. The molecule has 122 valence electrons. The van der Waals surface area contributed by atoms with Crippen LogP contribution in [-0.4, -0.2) is 43.4 Å². The molecule has 1 aromatic carbocycles. The van der Waals surface area contributed by atoms with Gasteiger partial charge in [0.25, 0.3) is 0 Å². The maximum absolute atomic E-state index is 11.2. The first kappa shape index (κ1) is 16.9. The lowest BCUT2D eigenvalue weighted by Gasteiger charge is -2.25. The van der Waals surface area contributed by atoms with Crippen LogP contribution < -0.4 is 9.80 Å². The summed E-state index contributed by atoms with van der Waals surface area (Å²) >= 11 is 0. The second kappa shape index (κ2) is 7.72. The molecule has 0 saturated carbocycles. The highest BCUT2D eigenvalue weighted by molar-refractivity contribution is 5.82. The Bertz CT molecular complexity index is 672. The van der Waals surface area contributed by atoms with Crippen molar-refractivity contribution in [2.75, 3.05) is 37.0 Å². The summed E-state index contributed by atoms with van der Waals surface area (Å²) in [6, 6.07) is 8.56. The highest BCUT2D eigenvalue weighted by Gasteiger charge is 2.11. The maximum Gasteiger partial charge on any atom is 0.155 e. The molecule has 0 aliphatic heterocycles. The standard InChI is InChI=1S/C18H24N4O/c1-5-15-7-6-8-17(11-15)21(3)9-10-22(4)18-16(13-23)12-19-14(2)20-18/h6-8,11-13H,5,9-10H2,1-4H3. The van der Waals surface area contributed by atoms with Crippen LogP contribution in [0.15, 0.2) is 30.5 Å². The molecule has 2 aromatic rings. The number of nitrogens with zero attached hydrogens (tertiary/aromatic N) is 4. The van der Waals surface area contributed by atoms with Crippen molar-refractivity contribution in [2.24, 2.45) is 0 Å². The van der Waals surface area contributed by atoms with Gasteiger partial charge in [0.05, 0.1) is 5.56 Å². The number of rotatable bonds is 7. The zero-order chi connectivity index (χ0) is 16.8. The van der Waals surface area contributed by atoms with Gasteiger partial charge in [-0.05, 0) is 31.0 Å². The van der Waals surface area contributed by atoms with Gasteiger partial charge in [0.1, 0.15) is 11.6 Å². The Labute approximate surface area is 138 Å². The molecule has 0 aliphatic carbocycles. The van der Waals surface area contributed by atoms with Gasteiger partial charge >= 0.3 is 0 Å². The van der Waals surface area contributed by atoms with E-state index in [1.165, 1.54) is 11.3 Å². The lowest BCUT2D eigenvalue weighted by Crippen LogP contribution is -2.32. The fraction of sp³-hybridized carbons (Fsp3) is 0.389. The number of hydrogen-bond acceptors (Lipinski definition) is 5.